The Bertz CT molecular complexity index is 737. The van der Waals surface area contributed by atoms with E-state index in [-0.39, 0.29) is 6.04 Å². The van der Waals surface area contributed by atoms with Crippen molar-refractivity contribution in [3.63, 3.8) is 0 Å². The van der Waals surface area contributed by atoms with E-state index in [2.05, 4.69) is 5.32 Å². The molecule has 0 fully saturated rings. The lowest BCUT2D eigenvalue weighted by Gasteiger charge is -2.20. The molecule has 0 aromatic heterocycles. The average Bonchev–Trinajstić information content (AvgIpc) is 2.66. The first-order valence-electron chi connectivity index (χ1n) is 7.45. The average molecular weight is 371 g/mol. The second kappa shape index (κ2) is 7.67. The smallest absolute Gasteiger partial charge is 0.153 e. The van der Waals surface area contributed by atoms with Gasteiger partial charge in [0.2, 0.25) is 0 Å². The van der Waals surface area contributed by atoms with Crippen molar-refractivity contribution in [2.75, 3.05) is 18.4 Å². The van der Waals surface area contributed by atoms with Crippen molar-refractivity contribution in [2.24, 2.45) is 0 Å². The third-order valence-electron chi connectivity index (χ3n) is 3.68. The number of benzene rings is 2. The van der Waals surface area contributed by atoms with Gasteiger partial charge >= 0.3 is 0 Å². The van der Waals surface area contributed by atoms with E-state index in [0.29, 0.717) is 14.9 Å². The molecule has 23 heavy (non-hydrogen) atoms. The molecular formula is C17H20Cl2N2OS. The van der Waals surface area contributed by atoms with Crippen LogP contribution in [0.25, 0.3) is 0 Å². The number of hydrogen-bond donors (Lipinski definition) is 1. The van der Waals surface area contributed by atoms with Gasteiger partial charge in [-0.1, -0.05) is 55.2 Å². The first-order chi connectivity index (χ1) is 11.0. The molecule has 0 spiro atoms. The summed E-state index contributed by atoms with van der Waals surface area (Å²) in [5, 5.41) is 4.16. The second-order valence-electron chi connectivity index (χ2n) is 4.83. The van der Waals surface area contributed by atoms with Crippen molar-refractivity contribution in [1.82, 2.24) is 5.32 Å². The number of halogens is 2. The minimum atomic E-state index is -1.33. The fourth-order valence-electron chi connectivity index (χ4n) is 2.65. The third kappa shape index (κ3) is 3.26. The molecule has 3 nitrogen and oxygen atoms in total. The van der Waals surface area contributed by atoms with Crippen LogP contribution in [0.1, 0.15) is 31.0 Å². The van der Waals surface area contributed by atoms with E-state index in [0.717, 1.165) is 16.8 Å². The molecule has 2 aromatic carbocycles. The quantitative estimate of drug-likeness (QED) is 0.781. The molecule has 6 heteroatoms. The Morgan fingerprint density at radius 3 is 2.35 bits per heavy atom. The summed E-state index contributed by atoms with van der Waals surface area (Å²) in [5.74, 6) is 0. The van der Waals surface area contributed by atoms with Gasteiger partial charge in [-0.2, -0.15) is 0 Å². The lowest BCUT2D eigenvalue weighted by atomic mass is 9.97. The van der Waals surface area contributed by atoms with Crippen molar-refractivity contribution in [2.45, 2.75) is 24.8 Å². The Balaban J connectivity index is 0.000000924. The summed E-state index contributed by atoms with van der Waals surface area (Å²) in [6.07, 6.45) is 0. The van der Waals surface area contributed by atoms with Gasteiger partial charge in [0.25, 0.3) is 0 Å². The van der Waals surface area contributed by atoms with Crippen LogP contribution >= 0.6 is 23.2 Å². The first-order valence-corrected chi connectivity index (χ1v) is 9.31. The van der Waals surface area contributed by atoms with E-state index in [4.69, 9.17) is 23.2 Å². The van der Waals surface area contributed by atoms with Crippen LogP contribution in [0, 0.1) is 0 Å². The van der Waals surface area contributed by atoms with Gasteiger partial charge in [-0.05, 0) is 36.4 Å². The molecule has 2 aromatic rings. The Morgan fingerprint density at radius 1 is 1.09 bits per heavy atom. The maximum atomic E-state index is 12.8. The standard InChI is InChI=1S/C15H14Cl2N2OS.C2H6/c1-18-15-9-5-3-4-6-13(9)19(2)21(20)14-8-12(17)11(16)7-10(14)15;1-2/h3-8,15,18H,1-2H3;1-2H3. The van der Waals surface area contributed by atoms with Gasteiger partial charge < -0.3 is 5.32 Å². The summed E-state index contributed by atoms with van der Waals surface area (Å²) in [5.41, 5.74) is 2.88. The molecule has 0 aliphatic carbocycles. The monoisotopic (exact) mass is 370 g/mol. The van der Waals surface area contributed by atoms with Crippen LogP contribution in [0.5, 0.6) is 0 Å². The van der Waals surface area contributed by atoms with Crippen LogP contribution in [0.4, 0.5) is 5.69 Å². The van der Waals surface area contributed by atoms with E-state index >= 15 is 0 Å². The second-order valence-corrected chi connectivity index (χ2v) is 7.13. The molecule has 0 radical (unpaired) electrons. The van der Waals surface area contributed by atoms with Gasteiger partial charge in [0.05, 0.1) is 26.7 Å². The molecule has 1 aliphatic rings. The van der Waals surface area contributed by atoms with Gasteiger partial charge in [0.1, 0.15) is 0 Å². The lowest BCUT2D eigenvalue weighted by Crippen LogP contribution is -2.20. The van der Waals surface area contributed by atoms with Crippen LogP contribution < -0.4 is 9.62 Å². The Morgan fingerprint density at radius 2 is 1.70 bits per heavy atom. The minimum Gasteiger partial charge on any atom is -0.309 e. The van der Waals surface area contributed by atoms with E-state index in [1.165, 1.54) is 0 Å². The number of nitrogens with one attached hydrogen (secondary N) is 1. The van der Waals surface area contributed by atoms with Gasteiger partial charge in [-0.15, -0.1) is 0 Å². The highest BCUT2D eigenvalue weighted by Gasteiger charge is 2.30. The molecule has 0 saturated heterocycles. The van der Waals surface area contributed by atoms with Gasteiger partial charge in [0, 0.05) is 7.05 Å². The van der Waals surface area contributed by atoms with Crippen LogP contribution in [0.2, 0.25) is 10.0 Å². The molecule has 2 unspecified atom stereocenters. The third-order valence-corrected chi connectivity index (χ3v) is 5.82. The lowest BCUT2D eigenvalue weighted by molar-refractivity contribution is 0.672. The van der Waals surface area contributed by atoms with Crippen molar-refractivity contribution >= 4 is 39.9 Å². The maximum absolute atomic E-state index is 12.8. The zero-order valence-corrected chi connectivity index (χ0v) is 15.9. The molecule has 124 valence electrons. The van der Waals surface area contributed by atoms with Crippen LogP contribution in [-0.2, 0) is 11.0 Å². The van der Waals surface area contributed by atoms with Gasteiger partial charge in [-0.3, -0.25) is 4.31 Å². The van der Waals surface area contributed by atoms with Crippen molar-refractivity contribution in [1.29, 1.82) is 0 Å². The largest absolute Gasteiger partial charge is 0.309 e. The normalized spacial score (nSPS) is 19.1. The number of fused-ring (bicyclic) bond motifs is 2. The van der Waals surface area contributed by atoms with E-state index < -0.39 is 11.0 Å². The molecule has 2 atom stereocenters. The Hall–Kier alpha value is -1.07. The summed E-state index contributed by atoms with van der Waals surface area (Å²) in [4.78, 5) is 0.683. The highest BCUT2D eigenvalue weighted by molar-refractivity contribution is 7.86. The fraction of sp³-hybridized carbons (Fsp3) is 0.294. The van der Waals surface area contributed by atoms with Crippen LogP contribution in [0.3, 0.4) is 0 Å². The van der Waals surface area contributed by atoms with Crippen LogP contribution in [0.15, 0.2) is 41.3 Å². The number of para-hydroxylation sites is 1. The molecule has 1 aliphatic heterocycles. The van der Waals surface area contributed by atoms with Crippen LogP contribution in [-0.4, -0.2) is 18.3 Å². The van der Waals surface area contributed by atoms with E-state index in [9.17, 15) is 4.21 Å². The molecule has 0 amide bonds. The van der Waals surface area contributed by atoms with E-state index in [1.54, 1.807) is 16.4 Å². The fourth-order valence-corrected chi connectivity index (χ4v) is 4.29. The minimum absolute atomic E-state index is 0.0835. The predicted molar refractivity (Wildman–Crippen MR) is 100.0 cm³/mol. The van der Waals surface area contributed by atoms with Crippen molar-refractivity contribution in [3.8, 4) is 0 Å². The molecular weight excluding hydrogens is 351 g/mol. The highest BCUT2D eigenvalue weighted by atomic mass is 35.5. The number of anilines is 1. The molecule has 0 bridgehead atoms. The number of hydrogen-bond acceptors (Lipinski definition) is 2. The topological polar surface area (TPSA) is 32.3 Å². The highest BCUT2D eigenvalue weighted by Crippen LogP contribution is 2.40. The number of rotatable bonds is 1. The van der Waals surface area contributed by atoms with Crippen molar-refractivity contribution < 1.29 is 4.21 Å². The SMILES string of the molecule is CC.CNC1c2ccccc2N(C)S(=O)c2cc(Cl)c(Cl)cc21. The Labute approximate surface area is 150 Å². The molecule has 1 heterocycles. The maximum Gasteiger partial charge on any atom is 0.153 e. The molecule has 0 saturated carbocycles. The van der Waals surface area contributed by atoms with E-state index in [1.807, 2.05) is 52.2 Å². The summed E-state index contributed by atoms with van der Waals surface area (Å²) >= 11 is 12.3. The van der Waals surface area contributed by atoms with Crippen molar-refractivity contribution in [3.05, 3.63) is 57.6 Å². The summed E-state index contributed by atoms with van der Waals surface area (Å²) < 4.78 is 14.6. The summed E-state index contributed by atoms with van der Waals surface area (Å²) in [7, 11) is 2.37. The summed E-state index contributed by atoms with van der Waals surface area (Å²) in [6.45, 7) is 4.00. The zero-order chi connectivity index (χ0) is 17.1. The molecule has 1 N–H and O–H groups in total. The zero-order valence-electron chi connectivity index (χ0n) is 13.6. The number of nitrogens with zero attached hydrogens (tertiary/aromatic N) is 1. The summed E-state index contributed by atoms with van der Waals surface area (Å²) in [6, 6.07) is 11.3. The Kier molecular flexibility index (Phi) is 6.09. The predicted octanol–water partition coefficient (Wildman–Crippen LogP) is 4.80. The van der Waals surface area contributed by atoms with Gasteiger partial charge in [0.15, 0.2) is 11.0 Å². The molecule has 3 rings (SSSR count). The first kappa shape index (κ1) is 18.3. The van der Waals surface area contributed by atoms with Gasteiger partial charge in [-0.25, -0.2) is 4.21 Å².